The highest BCUT2D eigenvalue weighted by atomic mass is 16.6. The van der Waals surface area contributed by atoms with Crippen molar-refractivity contribution in [3.63, 3.8) is 0 Å². The minimum atomic E-state index is -0.343. The lowest BCUT2D eigenvalue weighted by Gasteiger charge is -1.93. The number of nitrogens with zero attached hydrogens (tertiary/aromatic N) is 1. The van der Waals surface area contributed by atoms with E-state index in [0.29, 0.717) is 5.56 Å². The molecule has 1 rings (SSSR count). The number of aromatic hydroxyl groups is 1. The summed E-state index contributed by atoms with van der Waals surface area (Å²) in [4.78, 5) is 10.1. The maximum atomic E-state index is 10.4. The van der Waals surface area contributed by atoms with E-state index in [9.17, 15) is 4.91 Å². The molecule has 0 spiro atoms. The smallest absolute Gasteiger partial charge is 0.360 e. The Morgan fingerprint density at radius 3 is 2.45 bits per heavy atom. The number of phenolic OH excluding ortho intramolecular Hbond substituents is 1. The molecule has 0 aliphatic rings. The quantitative estimate of drug-likeness (QED) is 0.602. The van der Waals surface area contributed by atoms with E-state index in [4.69, 9.17) is 10.3 Å². The van der Waals surface area contributed by atoms with Gasteiger partial charge >= 0.3 is 5.69 Å². The van der Waals surface area contributed by atoms with E-state index in [0.717, 1.165) is 0 Å². The molecular weight excluding hydrogens is 146 g/mol. The lowest BCUT2D eigenvalue weighted by molar-refractivity contribution is -0.730. The van der Waals surface area contributed by atoms with Crippen LogP contribution in [0.25, 0.3) is 0 Å². The van der Waals surface area contributed by atoms with Crippen molar-refractivity contribution in [3.8, 4) is 5.75 Å². The summed E-state index contributed by atoms with van der Waals surface area (Å²) >= 11 is 0. The number of hydrogen-bond acceptors (Lipinski definition) is 2. The van der Waals surface area contributed by atoms with Gasteiger partial charge in [0.2, 0.25) is 0 Å². The second-order valence-corrected chi connectivity index (χ2v) is 2.22. The highest BCUT2D eigenvalue weighted by Gasteiger charge is 2.20. The topological polar surface area (TPSA) is 60.5 Å². The number of phenols is 1. The molecule has 0 heterocycles. The van der Waals surface area contributed by atoms with E-state index in [-0.39, 0.29) is 16.4 Å². The zero-order valence-electron chi connectivity index (χ0n) is 5.98. The monoisotopic (exact) mass is 154 g/mol. The van der Waals surface area contributed by atoms with Gasteiger partial charge in [-0.3, -0.25) is 0 Å². The zero-order chi connectivity index (χ0) is 8.43. The molecule has 58 valence electrons. The number of benzene rings is 1. The predicted octanol–water partition coefficient (Wildman–Crippen LogP) is 1.50. The van der Waals surface area contributed by atoms with Gasteiger partial charge in [-0.2, -0.15) is 0 Å². The first-order chi connectivity index (χ1) is 5.13. The fourth-order valence-electron chi connectivity index (χ4n) is 0.892. The molecule has 0 atom stereocenters. The van der Waals surface area contributed by atoms with Gasteiger partial charge in [0.1, 0.15) is 0 Å². The minimum absolute atomic E-state index is 0.104. The van der Waals surface area contributed by atoms with E-state index in [1.54, 1.807) is 19.1 Å². The highest BCUT2D eigenvalue weighted by molar-refractivity contribution is 5.50. The molecule has 0 fully saturated rings. The van der Waals surface area contributed by atoms with Gasteiger partial charge in [-0.15, -0.1) is 0 Å². The molecule has 11 heavy (non-hydrogen) atoms. The van der Waals surface area contributed by atoms with Gasteiger partial charge < -0.3 is 5.11 Å². The van der Waals surface area contributed by atoms with Crippen molar-refractivity contribution >= 4 is 5.69 Å². The van der Waals surface area contributed by atoms with Gasteiger partial charge in [0.05, 0.1) is 4.91 Å². The largest absolute Gasteiger partial charge is 0.502 e. The van der Waals surface area contributed by atoms with Crippen molar-refractivity contribution < 1.29 is 15.2 Å². The molecule has 0 aliphatic heterocycles. The standard InChI is InChI=1S/C7H7NO3/c1-5-3-2-4-6(9)7(5)8(10)11/h2-4H,1H3,(H-,9,10,11)/p+1. The summed E-state index contributed by atoms with van der Waals surface area (Å²) < 4.78 is 0. The summed E-state index contributed by atoms with van der Waals surface area (Å²) in [7, 11) is 0. The summed E-state index contributed by atoms with van der Waals surface area (Å²) in [5, 5.41) is 17.6. The molecule has 0 aliphatic carbocycles. The van der Waals surface area contributed by atoms with Crippen molar-refractivity contribution in [2.75, 3.05) is 0 Å². The molecule has 0 aromatic heterocycles. The first kappa shape index (κ1) is 7.53. The number of rotatable bonds is 1. The SMILES string of the molecule is Cc1cccc(O)c1[N+](=O)O. The van der Waals surface area contributed by atoms with Crippen molar-refractivity contribution in [1.82, 2.24) is 0 Å². The fraction of sp³-hybridized carbons (Fsp3) is 0.143. The van der Waals surface area contributed by atoms with Crippen LogP contribution in [-0.4, -0.2) is 15.2 Å². The van der Waals surface area contributed by atoms with Crippen molar-refractivity contribution in [2.45, 2.75) is 6.92 Å². The van der Waals surface area contributed by atoms with Crippen LogP contribution >= 0.6 is 0 Å². The normalized spacial score (nSPS) is 9.55. The van der Waals surface area contributed by atoms with Crippen LogP contribution in [0.4, 0.5) is 5.69 Å². The molecular formula is C7H8NO3+. The number of aryl methyl sites for hydroxylation is 1. The Morgan fingerprint density at radius 1 is 1.45 bits per heavy atom. The third-order valence-corrected chi connectivity index (χ3v) is 1.41. The minimum Gasteiger partial charge on any atom is -0.502 e. The molecule has 0 unspecified atom stereocenters. The molecule has 2 N–H and O–H groups in total. The molecule has 4 heteroatoms. The Labute approximate surface area is 63.2 Å². The molecule has 0 bridgehead atoms. The Hall–Kier alpha value is -1.58. The predicted molar refractivity (Wildman–Crippen MR) is 37.9 cm³/mol. The van der Waals surface area contributed by atoms with Gasteiger partial charge in [-0.25, -0.2) is 5.21 Å². The van der Waals surface area contributed by atoms with E-state index >= 15 is 0 Å². The molecule has 0 saturated heterocycles. The third kappa shape index (κ3) is 1.29. The van der Waals surface area contributed by atoms with Crippen LogP contribution in [-0.2, 0) is 0 Å². The molecule has 0 saturated carbocycles. The summed E-state index contributed by atoms with van der Waals surface area (Å²) in [5.41, 5.74) is 0.426. The first-order valence-electron chi connectivity index (χ1n) is 3.07. The molecule has 0 amide bonds. The van der Waals surface area contributed by atoms with Crippen LogP contribution in [0.3, 0.4) is 0 Å². The van der Waals surface area contributed by atoms with Gasteiger partial charge in [0.15, 0.2) is 5.75 Å². The maximum Gasteiger partial charge on any atom is 0.360 e. The molecule has 1 aromatic rings. The van der Waals surface area contributed by atoms with E-state index in [1.165, 1.54) is 6.07 Å². The van der Waals surface area contributed by atoms with E-state index in [1.807, 2.05) is 0 Å². The summed E-state index contributed by atoms with van der Waals surface area (Å²) in [6, 6.07) is 4.55. The molecule has 0 radical (unpaired) electrons. The zero-order valence-corrected chi connectivity index (χ0v) is 5.98. The summed E-state index contributed by atoms with van der Waals surface area (Å²) in [5.74, 6) is -0.220. The lowest BCUT2D eigenvalue weighted by atomic mass is 10.2. The van der Waals surface area contributed by atoms with Crippen LogP contribution in [0, 0.1) is 11.8 Å². The van der Waals surface area contributed by atoms with Crippen LogP contribution < -0.4 is 0 Å². The fourth-order valence-corrected chi connectivity index (χ4v) is 0.892. The van der Waals surface area contributed by atoms with E-state index in [2.05, 4.69) is 0 Å². The van der Waals surface area contributed by atoms with Gasteiger partial charge in [-0.1, -0.05) is 12.1 Å². The van der Waals surface area contributed by atoms with Crippen LogP contribution in [0.15, 0.2) is 18.2 Å². The van der Waals surface area contributed by atoms with Crippen LogP contribution in [0.5, 0.6) is 5.75 Å². The third-order valence-electron chi connectivity index (χ3n) is 1.41. The number of hydrogen-bond donors (Lipinski definition) is 2. The average Bonchev–Trinajstić information content (AvgIpc) is 1.85. The van der Waals surface area contributed by atoms with Crippen molar-refractivity contribution in [2.24, 2.45) is 0 Å². The van der Waals surface area contributed by atoms with Gasteiger partial charge in [0.25, 0.3) is 4.92 Å². The Balaban J connectivity index is 3.32. The van der Waals surface area contributed by atoms with Crippen molar-refractivity contribution in [1.29, 1.82) is 0 Å². The van der Waals surface area contributed by atoms with Crippen LogP contribution in [0.1, 0.15) is 5.56 Å². The average molecular weight is 154 g/mol. The molecule has 1 aromatic carbocycles. The highest BCUT2D eigenvalue weighted by Crippen LogP contribution is 2.27. The first-order valence-corrected chi connectivity index (χ1v) is 3.07. The summed E-state index contributed by atoms with van der Waals surface area (Å²) in [6.45, 7) is 1.62. The lowest BCUT2D eigenvalue weighted by Crippen LogP contribution is -1.94. The van der Waals surface area contributed by atoms with Crippen LogP contribution in [0.2, 0.25) is 0 Å². The van der Waals surface area contributed by atoms with Crippen molar-refractivity contribution in [3.05, 3.63) is 28.7 Å². The molecule has 4 nitrogen and oxygen atoms in total. The maximum absolute atomic E-state index is 10.4. The summed E-state index contributed by atoms with van der Waals surface area (Å²) in [6.07, 6.45) is 0. The second-order valence-electron chi connectivity index (χ2n) is 2.22. The number of para-hydroxylation sites is 1. The van der Waals surface area contributed by atoms with Gasteiger partial charge in [-0.05, 0) is 13.0 Å². The van der Waals surface area contributed by atoms with Gasteiger partial charge in [0, 0.05) is 5.56 Å². The van der Waals surface area contributed by atoms with E-state index < -0.39 is 0 Å². The second kappa shape index (κ2) is 2.57. The Morgan fingerprint density at radius 2 is 2.09 bits per heavy atom. The Kier molecular flexibility index (Phi) is 1.76. The Bertz CT molecular complexity index is 275.